The Balaban J connectivity index is 1.54. The molecule has 0 saturated carbocycles. The number of hydrogen-bond donors (Lipinski definition) is 0. The van der Waals surface area contributed by atoms with E-state index in [-0.39, 0.29) is 5.78 Å². The van der Waals surface area contributed by atoms with Crippen LogP contribution in [0.4, 0.5) is 0 Å². The molecule has 5 aromatic carbocycles. The molecule has 0 radical (unpaired) electrons. The van der Waals surface area contributed by atoms with Crippen molar-refractivity contribution < 1.29 is 19.2 Å². The first-order valence-electron chi connectivity index (χ1n) is 16.5. The number of nitrogens with zero attached hydrogens (tertiary/aromatic N) is 2. The van der Waals surface area contributed by atoms with E-state index in [4.69, 9.17) is 9.57 Å². The predicted molar refractivity (Wildman–Crippen MR) is 191 cm³/mol. The van der Waals surface area contributed by atoms with Crippen molar-refractivity contribution in [2.75, 3.05) is 6.61 Å². The number of fused-ring (bicyclic) bond motifs is 4. The molecule has 47 heavy (non-hydrogen) atoms. The Labute approximate surface area is 275 Å². The molecular formula is C41H40N2O4. The van der Waals surface area contributed by atoms with Crippen molar-refractivity contribution in [3.05, 3.63) is 125 Å². The van der Waals surface area contributed by atoms with Gasteiger partial charge in [-0.2, -0.15) is 0 Å². The number of aryl methyl sites for hydroxylation is 2. The lowest BCUT2D eigenvalue weighted by Crippen LogP contribution is -2.08. The van der Waals surface area contributed by atoms with Crippen molar-refractivity contribution >= 4 is 50.0 Å². The van der Waals surface area contributed by atoms with Gasteiger partial charge in [0.2, 0.25) is 0 Å². The molecule has 0 aliphatic carbocycles. The number of hydrogen-bond acceptors (Lipinski definition) is 5. The molecular weight excluding hydrogens is 584 g/mol. The van der Waals surface area contributed by atoms with Gasteiger partial charge in [0, 0.05) is 52.0 Å². The zero-order valence-electron chi connectivity index (χ0n) is 27.5. The Hall–Kier alpha value is -5.23. The van der Waals surface area contributed by atoms with Crippen LogP contribution < -0.4 is 4.74 Å². The summed E-state index contributed by atoms with van der Waals surface area (Å²) in [6.07, 6.45) is 4.58. The molecule has 0 amide bonds. The summed E-state index contributed by atoms with van der Waals surface area (Å²) in [5.41, 5.74) is 6.62. The van der Waals surface area contributed by atoms with Gasteiger partial charge >= 0.3 is 5.97 Å². The van der Waals surface area contributed by atoms with Crippen molar-refractivity contribution in [3.63, 3.8) is 0 Å². The first-order chi connectivity index (χ1) is 22.9. The predicted octanol–water partition coefficient (Wildman–Crippen LogP) is 9.78. The number of benzene rings is 5. The molecule has 0 aliphatic rings. The second kappa shape index (κ2) is 14.0. The third-order valence-corrected chi connectivity index (χ3v) is 8.72. The van der Waals surface area contributed by atoms with Crippen molar-refractivity contribution in [2.45, 2.75) is 59.9 Å². The smallest absolute Gasteiger partial charge is 0.332 e. The Morgan fingerprint density at radius 2 is 1.45 bits per heavy atom. The highest BCUT2D eigenvalue weighted by Crippen LogP contribution is 2.35. The average Bonchev–Trinajstić information content (AvgIpc) is 3.39. The molecule has 6 heteroatoms. The van der Waals surface area contributed by atoms with E-state index in [9.17, 15) is 9.59 Å². The van der Waals surface area contributed by atoms with E-state index in [2.05, 4.69) is 34.8 Å². The molecule has 0 fully saturated rings. The molecule has 0 saturated heterocycles. The van der Waals surface area contributed by atoms with Crippen molar-refractivity contribution in [3.8, 4) is 5.75 Å². The fraction of sp³-hybridized carbons (Fsp3) is 0.244. The minimum atomic E-state index is -0.483. The van der Waals surface area contributed by atoms with E-state index < -0.39 is 5.97 Å². The molecule has 0 spiro atoms. The normalized spacial score (nSPS) is 11.8. The van der Waals surface area contributed by atoms with Gasteiger partial charge in [-0.1, -0.05) is 92.0 Å². The number of rotatable bonds is 12. The highest BCUT2D eigenvalue weighted by atomic mass is 16.7. The largest absolute Gasteiger partial charge is 0.493 e. The lowest BCUT2D eigenvalue weighted by atomic mass is 9.94. The Morgan fingerprint density at radius 3 is 2.17 bits per heavy atom. The molecule has 0 N–H and O–H groups in total. The lowest BCUT2D eigenvalue weighted by molar-refractivity contribution is -0.140. The van der Waals surface area contributed by atoms with Crippen LogP contribution in [-0.4, -0.2) is 28.6 Å². The van der Waals surface area contributed by atoms with Crippen LogP contribution in [0.1, 0.15) is 79.1 Å². The first-order valence-corrected chi connectivity index (χ1v) is 16.5. The van der Waals surface area contributed by atoms with Gasteiger partial charge in [-0.25, -0.2) is 4.79 Å². The van der Waals surface area contributed by atoms with Crippen LogP contribution in [0.5, 0.6) is 5.75 Å². The fourth-order valence-corrected chi connectivity index (χ4v) is 6.44. The van der Waals surface area contributed by atoms with Crippen LogP contribution >= 0.6 is 0 Å². The van der Waals surface area contributed by atoms with Gasteiger partial charge in [-0.05, 0) is 73.0 Å². The van der Waals surface area contributed by atoms with Crippen LogP contribution in [0.3, 0.4) is 0 Å². The zero-order chi connectivity index (χ0) is 32.9. The van der Waals surface area contributed by atoms with Crippen LogP contribution in [0, 0.1) is 6.92 Å². The van der Waals surface area contributed by atoms with Crippen molar-refractivity contribution in [1.82, 2.24) is 4.57 Å². The summed E-state index contributed by atoms with van der Waals surface area (Å²) < 4.78 is 8.33. The molecule has 0 unspecified atom stereocenters. The van der Waals surface area contributed by atoms with Gasteiger partial charge in [0.25, 0.3) is 0 Å². The van der Waals surface area contributed by atoms with Gasteiger partial charge in [0.1, 0.15) is 11.5 Å². The van der Waals surface area contributed by atoms with Gasteiger partial charge in [-0.3, -0.25) is 4.79 Å². The highest BCUT2D eigenvalue weighted by molar-refractivity contribution is 6.21. The Morgan fingerprint density at radius 1 is 0.745 bits per heavy atom. The molecule has 6 nitrogen and oxygen atoms in total. The van der Waals surface area contributed by atoms with E-state index >= 15 is 0 Å². The second-order valence-electron chi connectivity index (χ2n) is 11.9. The van der Waals surface area contributed by atoms with Gasteiger partial charge in [0.05, 0.1) is 12.2 Å². The van der Waals surface area contributed by atoms with Crippen LogP contribution in [-0.2, 0) is 16.2 Å². The molecule has 0 bridgehead atoms. The summed E-state index contributed by atoms with van der Waals surface area (Å²) in [5, 5.41) is 8.17. The SMILES string of the molecule is CCCCCCn1c2ccc(C(=O)c3c(OCC)ccc4ccccc34)cc2c2cc(/C(=N\OC(C)=O)c3ccccc3C)ccc21. The number of ketones is 1. The maximum absolute atomic E-state index is 14.4. The summed E-state index contributed by atoms with van der Waals surface area (Å²) in [4.78, 5) is 31.4. The summed E-state index contributed by atoms with van der Waals surface area (Å²) in [6, 6.07) is 32.0. The Kier molecular flexibility index (Phi) is 9.48. The van der Waals surface area contributed by atoms with E-state index in [1.165, 1.54) is 19.8 Å². The Bertz CT molecular complexity index is 2140. The molecule has 1 aromatic heterocycles. The lowest BCUT2D eigenvalue weighted by Gasteiger charge is -2.13. The number of unbranched alkanes of at least 4 members (excludes halogenated alkanes) is 3. The monoisotopic (exact) mass is 624 g/mol. The molecule has 0 atom stereocenters. The van der Waals surface area contributed by atoms with Crippen LogP contribution in [0.2, 0.25) is 0 Å². The quantitative estimate of drug-likeness (QED) is 0.0447. The maximum Gasteiger partial charge on any atom is 0.332 e. The second-order valence-corrected chi connectivity index (χ2v) is 11.9. The summed E-state index contributed by atoms with van der Waals surface area (Å²) in [7, 11) is 0. The third-order valence-electron chi connectivity index (χ3n) is 8.72. The fourth-order valence-electron chi connectivity index (χ4n) is 6.44. The third kappa shape index (κ3) is 6.41. The average molecular weight is 625 g/mol. The topological polar surface area (TPSA) is 69.9 Å². The van der Waals surface area contributed by atoms with E-state index in [1.807, 2.05) is 92.7 Å². The molecule has 1 heterocycles. The summed E-state index contributed by atoms with van der Waals surface area (Å²) >= 11 is 0. The van der Waals surface area contributed by atoms with Gasteiger partial charge in [0.15, 0.2) is 5.78 Å². The minimum Gasteiger partial charge on any atom is -0.493 e. The first kappa shape index (κ1) is 31.7. The minimum absolute atomic E-state index is 0.0795. The van der Waals surface area contributed by atoms with E-state index in [0.717, 1.165) is 68.7 Å². The standard InChI is InChI=1S/C41H40N2O4/c1-5-7-8-13-24-43-36-21-18-30(40(42-47-28(4)44)32-16-11-9-14-27(32)3)25-34(36)35-26-31(19-22-37(35)43)41(45)39-33-17-12-10-15-29(33)20-23-38(39)46-6-2/h9-12,14-23,25-26H,5-8,13,24H2,1-4H3/b42-40+. The number of oxime groups is 1. The van der Waals surface area contributed by atoms with Gasteiger partial charge in [-0.15, -0.1) is 0 Å². The molecule has 6 rings (SSSR count). The number of aromatic nitrogens is 1. The van der Waals surface area contributed by atoms with Crippen LogP contribution in [0.25, 0.3) is 32.6 Å². The number of carbonyl (C=O) groups is 2. The molecule has 6 aromatic rings. The summed E-state index contributed by atoms with van der Waals surface area (Å²) in [6.45, 7) is 8.84. The van der Waals surface area contributed by atoms with Crippen molar-refractivity contribution in [2.24, 2.45) is 5.16 Å². The molecule has 0 aliphatic heterocycles. The van der Waals surface area contributed by atoms with Crippen molar-refractivity contribution in [1.29, 1.82) is 0 Å². The zero-order valence-corrected chi connectivity index (χ0v) is 27.5. The summed E-state index contributed by atoms with van der Waals surface area (Å²) in [5.74, 6) is 0.0227. The maximum atomic E-state index is 14.4. The van der Waals surface area contributed by atoms with E-state index in [1.54, 1.807) is 0 Å². The van der Waals surface area contributed by atoms with Gasteiger partial charge < -0.3 is 14.1 Å². The van der Waals surface area contributed by atoms with E-state index in [0.29, 0.717) is 29.2 Å². The number of ether oxygens (including phenoxy) is 1. The van der Waals surface area contributed by atoms with Crippen LogP contribution in [0.15, 0.2) is 102 Å². The molecule has 238 valence electrons. The highest BCUT2D eigenvalue weighted by Gasteiger charge is 2.21. The number of carbonyl (C=O) groups excluding carboxylic acids is 2.